The minimum absolute atomic E-state index is 0.161. The standard InChI is InChI=1S/C74H62N4OSi/c1-73(2,3)54-43-44-75-71(48-54)78-67-38-20-19-37-63(67)64-42-41-58(50-70(64)78)79-57-29-24-28-56(49-57)76-51-77(69-40-22-21-39-68(69)76)72-65(52-25-11-7-12-26-52)46-55(74(4,5)6)47-66(72)53-27-23-36-62(45-53)80(59-30-13-8-14-31-59,60-32-15-9-16-33-60)61-34-17-10-18-35-61/h7-50H,1-6H3/i7D,8D,9D,10D,11D,12D,13D,14D,15D,16D,17D,18D,23D,25D,26D,27D,30D,31D,32D,33D,34D,35D,36D,45D. The van der Waals surface area contributed by atoms with Crippen LogP contribution in [0.25, 0.3) is 72.3 Å². The maximum atomic E-state index is 11.0. The van der Waals surface area contributed by atoms with Crippen LogP contribution in [0.4, 0.5) is 0 Å². The first-order valence-electron chi connectivity index (χ1n) is 37.7. The summed E-state index contributed by atoms with van der Waals surface area (Å²) in [6, 6.07) is 9.54. The highest BCUT2D eigenvalue weighted by molar-refractivity contribution is 7.19. The Bertz CT molecular complexity index is 5610. The smallest absolute Gasteiger partial charge is 0.269 e. The van der Waals surface area contributed by atoms with Crippen LogP contribution in [0, 0.1) is 6.33 Å². The van der Waals surface area contributed by atoms with Crippen LogP contribution in [0.15, 0.2) is 266 Å². The second-order valence-electron chi connectivity index (χ2n) is 21.2. The fourth-order valence-corrected chi connectivity index (χ4v) is 13.9. The van der Waals surface area contributed by atoms with Gasteiger partial charge in [-0.25, -0.2) is 4.98 Å². The zero-order valence-corrected chi connectivity index (χ0v) is 45.2. The van der Waals surface area contributed by atoms with E-state index in [1.54, 1.807) is 86.1 Å². The molecule has 0 saturated heterocycles. The summed E-state index contributed by atoms with van der Waals surface area (Å²) < 4.78 is 240. The minimum Gasteiger partial charge on any atom is -0.458 e. The van der Waals surface area contributed by atoms with Gasteiger partial charge in [0.1, 0.15) is 17.3 Å². The molecule has 13 rings (SSSR count). The zero-order valence-electron chi connectivity index (χ0n) is 68.2. The number of benzene rings is 10. The molecule has 0 saturated carbocycles. The van der Waals surface area contributed by atoms with E-state index in [0.29, 0.717) is 28.5 Å². The van der Waals surface area contributed by atoms with Gasteiger partial charge < -0.3 is 4.74 Å². The van der Waals surface area contributed by atoms with Gasteiger partial charge in [-0.2, -0.15) is 0 Å². The van der Waals surface area contributed by atoms with Crippen molar-refractivity contribution in [2.45, 2.75) is 52.4 Å². The Morgan fingerprint density at radius 3 is 1.71 bits per heavy atom. The molecule has 0 fully saturated rings. The molecule has 0 unspecified atom stereocenters. The fraction of sp³-hybridized carbons (Fsp3) is 0.108. The van der Waals surface area contributed by atoms with Crippen molar-refractivity contribution in [1.29, 1.82) is 0 Å². The van der Waals surface area contributed by atoms with E-state index in [1.807, 2.05) is 48.5 Å². The molecule has 3 heterocycles. The summed E-state index contributed by atoms with van der Waals surface area (Å²) in [6.45, 7) is 11.7. The number of rotatable bonds is 11. The van der Waals surface area contributed by atoms with Crippen LogP contribution < -0.4 is 30.1 Å². The number of hydrogen-bond donors (Lipinski definition) is 0. The van der Waals surface area contributed by atoms with E-state index in [0.717, 1.165) is 27.4 Å². The summed E-state index contributed by atoms with van der Waals surface area (Å²) in [5, 5.41) is -2.23. The van der Waals surface area contributed by atoms with Gasteiger partial charge in [0.05, 0.1) is 66.3 Å². The van der Waals surface area contributed by atoms with Gasteiger partial charge in [0.2, 0.25) is 0 Å². The summed E-state index contributed by atoms with van der Waals surface area (Å²) >= 11 is 0. The number of aromatic nitrogens is 4. The molecule has 0 spiro atoms. The lowest BCUT2D eigenvalue weighted by Gasteiger charge is -2.35. The van der Waals surface area contributed by atoms with E-state index in [-0.39, 0.29) is 33.3 Å². The second-order valence-corrected chi connectivity index (χ2v) is 24.7. The van der Waals surface area contributed by atoms with Crippen LogP contribution in [-0.2, 0) is 10.8 Å². The normalized spacial score (nSPS) is 16.3. The predicted octanol–water partition coefficient (Wildman–Crippen LogP) is 15.3. The molecule has 13 aromatic rings. The van der Waals surface area contributed by atoms with Crippen LogP contribution >= 0.6 is 0 Å². The van der Waals surface area contributed by atoms with Crippen molar-refractivity contribution in [2.24, 2.45) is 0 Å². The molecule has 0 bridgehead atoms. The minimum atomic E-state index is -6.40. The van der Waals surface area contributed by atoms with E-state index in [9.17, 15) is 24.7 Å². The van der Waals surface area contributed by atoms with Crippen molar-refractivity contribution in [3.05, 3.63) is 284 Å². The number of para-hydroxylation sites is 3. The highest BCUT2D eigenvalue weighted by atomic mass is 28.3. The number of imidazole rings is 1. The monoisotopic (exact) mass is 1070 g/mol. The molecule has 80 heavy (non-hydrogen) atoms. The largest absolute Gasteiger partial charge is 0.458 e. The van der Waals surface area contributed by atoms with Crippen LogP contribution in [0.2, 0.25) is 0 Å². The quantitative estimate of drug-likeness (QED) is 0.0560. The first-order chi connectivity index (χ1) is 48.9. The molecular weight excluding hydrogens is 989 g/mol. The predicted molar refractivity (Wildman–Crippen MR) is 334 cm³/mol. The SMILES string of the molecule is [2H]c1c([2H])c([2H])c(-c2cc(C(C)(C)C)cc(-c3c([2H])c([2H])c([2H])c([Si](c4c([2H])c([2H])c([2H])c([2H])c4[2H])(c4c([2H])c([2H])c([2H])c([2H])c4[2H])c4c([2H])c([2H])c([2H])c([2H])c4[2H])c3[2H])c2-[n+]2[c-]n(-c3cccc(Oc4ccc5c6ccccc6n(-c6cc(C(C)(C)C)ccn6)c5c4)c3)c3ccccc32)c([2H])c1[2H]. The first-order valence-corrected chi connectivity index (χ1v) is 27.7. The van der Waals surface area contributed by atoms with Gasteiger partial charge >= 0.3 is 0 Å². The summed E-state index contributed by atoms with van der Waals surface area (Å²) in [4.78, 5) is 4.84. The molecule has 5 nitrogen and oxygen atoms in total. The number of pyridine rings is 1. The van der Waals surface area contributed by atoms with Crippen LogP contribution in [-0.4, -0.2) is 22.2 Å². The zero-order chi connectivity index (χ0) is 75.5. The molecule has 0 aliphatic carbocycles. The van der Waals surface area contributed by atoms with Crippen molar-refractivity contribution in [3.63, 3.8) is 0 Å². The van der Waals surface area contributed by atoms with Crippen LogP contribution in [0.1, 0.15) is 85.6 Å². The maximum Gasteiger partial charge on any atom is 0.269 e. The molecule has 0 aliphatic rings. The Labute approximate surface area is 504 Å². The molecule has 6 heteroatoms. The average Bonchev–Trinajstić information content (AvgIpc) is 0.970. The first kappa shape index (κ1) is 30.1. The molecule has 0 amide bonds. The molecule has 388 valence electrons. The molecule has 10 aromatic carbocycles. The average molecular weight is 1080 g/mol. The third kappa shape index (κ3) is 8.92. The highest BCUT2D eigenvalue weighted by Crippen LogP contribution is 2.40. The molecular formula is C74H62N4OSi. The summed E-state index contributed by atoms with van der Waals surface area (Å²) in [5.41, 5.74) is 1.17. The number of hydrogen-bond acceptors (Lipinski definition) is 2. The van der Waals surface area contributed by atoms with Gasteiger partial charge in [-0.05, 0) is 113 Å². The van der Waals surface area contributed by atoms with Gasteiger partial charge in [0.15, 0.2) is 8.07 Å². The van der Waals surface area contributed by atoms with E-state index in [4.69, 9.17) is 17.9 Å². The maximum absolute atomic E-state index is 11.0. The fourth-order valence-electron chi connectivity index (χ4n) is 10.3. The van der Waals surface area contributed by atoms with Crippen molar-refractivity contribution >= 4 is 61.7 Å². The molecule has 0 aliphatic heterocycles. The Kier molecular flexibility index (Phi) is 7.58. The second kappa shape index (κ2) is 20.1. The third-order valence-corrected chi connectivity index (χ3v) is 18.2. The van der Waals surface area contributed by atoms with Gasteiger partial charge in [0.25, 0.3) is 6.33 Å². The topological polar surface area (TPSA) is 35.9 Å². The summed E-state index contributed by atoms with van der Waals surface area (Å²) in [5.74, 6) is 1.50. The molecule has 0 N–H and O–H groups in total. The van der Waals surface area contributed by atoms with E-state index in [2.05, 4.69) is 37.7 Å². The molecule has 3 aromatic heterocycles. The van der Waals surface area contributed by atoms with Crippen molar-refractivity contribution < 1.29 is 42.2 Å². The van der Waals surface area contributed by atoms with Gasteiger partial charge in [-0.3, -0.25) is 13.7 Å². The highest BCUT2D eigenvalue weighted by Gasteiger charge is 2.41. The summed E-state index contributed by atoms with van der Waals surface area (Å²) in [7, 11) is -6.40. The Morgan fingerprint density at radius 1 is 0.487 bits per heavy atom. The van der Waals surface area contributed by atoms with Gasteiger partial charge in [0, 0.05) is 23.0 Å². The third-order valence-electron chi connectivity index (χ3n) is 14.2. The van der Waals surface area contributed by atoms with Crippen molar-refractivity contribution in [1.82, 2.24) is 14.1 Å². The number of nitrogens with zero attached hydrogens (tertiary/aromatic N) is 4. The lowest BCUT2D eigenvalue weighted by Crippen LogP contribution is -2.74. The Hall–Kier alpha value is -9.36. The van der Waals surface area contributed by atoms with Crippen LogP contribution in [0.5, 0.6) is 11.5 Å². The van der Waals surface area contributed by atoms with Crippen molar-refractivity contribution in [3.8, 4) is 50.9 Å². The number of ether oxygens (including phenoxy) is 1. The van der Waals surface area contributed by atoms with E-state index < -0.39 is 190 Å². The summed E-state index contributed by atoms with van der Waals surface area (Å²) in [6.07, 6.45) is 5.22. The molecule has 0 atom stereocenters. The lowest BCUT2D eigenvalue weighted by molar-refractivity contribution is -0.571. The van der Waals surface area contributed by atoms with E-state index in [1.165, 1.54) is 10.6 Å². The van der Waals surface area contributed by atoms with Gasteiger partial charge in [-0.15, -0.1) is 0 Å². The Balaban J connectivity index is 1.16. The Morgan fingerprint density at radius 2 is 1.05 bits per heavy atom. The lowest BCUT2D eigenvalue weighted by atomic mass is 9.82. The molecule has 0 radical (unpaired) electrons. The van der Waals surface area contributed by atoms with E-state index >= 15 is 0 Å². The van der Waals surface area contributed by atoms with Crippen molar-refractivity contribution in [2.75, 3.05) is 0 Å². The number of fused-ring (bicyclic) bond motifs is 4. The van der Waals surface area contributed by atoms with Gasteiger partial charge in [-0.1, -0.05) is 247 Å². The van der Waals surface area contributed by atoms with Crippen LogP contribution in [0.3, 0.4) is 0 Å².